The first-order valence-corrected chi connectivity index (χ1v) is 8.93. The van der Waals surface area contributed by atoms with Crippen molar-refractivity contribution >= 4 is 0 Å². The highest BCUT2D eigenvalue weighted by Crippen LogP contribution is 2.64. The SMILES string of the molecule is Cc1cc(=O)n2n1CCCC2C12CC3CC(CC(C3)C1)C2. The normalized spacial score (nSPS) is 44.0. The Morgan fingerprint density at radius 1 is 1.10 bits per heavy atom. The summed E-state index contributed by atoms with van der Waals surface area (Å²) in [5.41, 5.74) is 1.88. The van der Waals surface area contributed by atoms with Crippen LogP contribution < -0.4 is 5.56 Å². The van der Waals surface area contributed by atoms with Crippen LogP contribution >= 0.6 is 0 Å². The molecule has 1 unspecified atom stereocenters. The van der Waals surface area contributed by atoms with Crippen molar-refractivity contribution in [2.45, 2.75) is 70.9 Å². The van der Waals surface area contributed by atoms with Crippen molar-refractivity contribution in [2.75, 3.05) is 0 Å². The first-order chi connectivity index (χ1) is 10.1. The topological polar surface area (TPSA) is 26.9 Å². The lowest BCUT2D eigenvalue weighted by molar-refractivity contribution is -0.0945. The predicted octanol–water partition coefficient (Wildman–Crippen LogP) is 3.51. The average molecular weight is 286 g/mol. The molecule has 1 aromatic rings. The van der Waals surface area contributed by atoms with E-state index < -0.39 is 0 Å². The van der Waals surface area contributed by atoms with Gasteiger partial charge in [0.25, 0.3) is 5.56 Å². The van der Waals surface area contributed by atoms with E-state index in [1.165, 1.54) is 51.4 Å². The number of hydrogen-bond donors (Lipinski definition) is 0. The molecule has 0 spiro atoms. The zero-order valence-electron chi connectivity index (χ0n) is 13.1. The Bertz CT molecular complexity index is 603. The highest BCUT2D eigenvalue weighted by molar-refractivity contribution is 5.09. The molecule has 0 saturated heterocycles. The van der Waals surface area contributed by atoms with Crippen LogP contribution in [0.2, 0.25) is 0 Å². The fourth-order valence-electron chi connectivity index (χ4n) is 6.92. The van der Waals surface area contributed by atoms with Gasteiger partial charge in [0, 0.05) is 18.3 Å². The molecule has 2 heterocycles. The van der Waals surface area contributed by atoms with Gasteiger partial charge in [0.1, 0.15) is 0 Å². The van der Waals surface area contributed by atoms with Crippen molar-refractivity contribution in [3.8, 4) is 0 Å². The van der Waals surface area contributed by atoms with E-state index in [4.69, 9.17) is 0 Å². The molecule has 4 fully saturated rings. The lowest BCUT2D eigenvalue weighted by Crippen LogP contribution is -2.52. The Morgan fingerprint density at radius 2 is 1.71 bits per heavy atom. The smallest absolute Gasteiger partial charge is 0.267 e. The van der Waals surface area contributed by atoms with Gasteiger partial charge in [-0.2, -0.15) is 0 Å². The summed E-state index contributed by atoms with van der Waals surface area (Å²) in [4.78, 5) is 12.5. The highest BCUT2D eigenvalue weighted by atomic mass is 16.1. The van der Waals surface area contributed by atoms with Crippen LogP contribution in [0.25, 0.3) is 0 Å². The molecule has 1 aliphatic heterocycles. The van der Waals surface area contributed by atoms with Gasteiger partial charge in [0.2, 0.25) is 0 Å². The third-order valence-corrected chi connectivity index (χ3v) is 7.16. The van der Waals surface area contributed by atoms with Crippen LogP contribution in [0, 0.1) is 30.1 Å². The zero-order valence-corrected chi connectivity index (χ0v) is 13.1. The molecule has 3 nitrogen and oxygen atoms in total. The molecule has 6 rings (SSSR count). The molecule has 4 saturated carbocycles. The summed E-state index contributed by atoms with van der Waals surface area (Å²) >= 11 is 0. The van der Waals surface area contributed by atoms with Crippen molar-refractivity contribution in [1.29, 1.82) is 0 Å². The molecular weight excluding hydrogens is 260 g/mol. The Kier molecular flexibility index (Phi) is 2.42. The van der Waals surface area contributed by atoms with Crippen LogP contribution in [0.1, 0.15) is 63.1 Å². The first kappa shape index (κ1) is 12.5. The summed E-state index contributed by atoms with van der Waals surface area (Å²) in [6.45, 7) is 3.14. The number of rotatable bonds is 1. The van der Waals surface area contributed by atoms with Crippen LogP contribution in [-0.2, 0) is 6.54 Å². The van der Waals surface area contributed by atoms with E-state index >= 15 is 0 Å². The summed E-state index contributed by atoms with van der Waals surface area (Å²) in [6, 6.07) is 2.35. The minimum absolute atomic E-state index is 0.257. The van der Waals surface area contributed by atoms with Crippen molar-refractivity contribution in [2.24, 2.45) is 23.2 Å². The first-order valence-electron chi connectivity index (χ1n) is 8.93. The van der Waals surface area contributed by atoms with Gasteiger partial charge in [-0.25, -0.2) is 4.68 Å². The lowest BCUT2D eigenvalue weighted by Gasteiger charge is -2.60. The zero-order chi connectivity index (χ0) is 14.2. The molecule has 0 amide bonds. The molecule has 1 aromatic heterocycles. The van der Waals surface area contributed by atoms with Crippen LogP contribution in [-0.4, -0.2) is 9.36 Å². The number of nitrogens with zero attached hydrogens (tertiary/aromatic N) is 2. The second-order valence-electron chi connectivity index (χ2n) is 8.53. The van der Waals surface area contributed by atoms with E-state index in [2.05, 4.69) is 16.3 Å². The van der Waals surface area contributed by atoms with Crippen molar-refractivity contribution in [1.82, 2.24) is 9.36 Å². The second-order valence-corrected chi connectivity index (χ2v) is 8.53. The molecule has 0 N–H and O–H groups in total. The quantitative estimate of drug-likeness (QED) is 0.776. The highest BCUT2D eigenvalue weighted by Gasteiger charge is 2.55. The van der Waals surface area contributed by atoms with Crippen molar-refractivity contribution < 1.29 is 0 Å². The molecule has 3 heteroatoms. The minimum atomic E-state index is 0.257. The molecule has 0 aromatic carbocycles. The number of aryl methyl sites for hydroxylation is 1. The molecular formula is C18H26N2O. The summed E-state index contributed by atoms with van der Waals surface area (Å²) in [6.07, 6.45) is 11.2. The predicted molar refractivity (Wildman–Crippen MR) is 82.3 cm³/mol. The molecule has 1 atom stereocenters. The molecule has 21 heavy (non-hydrogen) atoms. The maximum absolute atomic E-state index is 12.5. The van der Waals surface area contributed by atoms with Gasteiger partial charge < -0.3 is 0 Å². The van der Waals surface area contributed by atoms with Gasteiger partial charge in [0.05, 0.1) is 6.04 Å². The van der Waals surface area contributed by atoms with Gasteiger partial charge in [0.15, 0.2) is 0 Å². The number of hydrogen-bond acceptors (Lipinski definition) is 1. The fraction of sp³-hybridized carbons (Fsp3) is 0.833. The maximum Gasteiger partial charge on any atom is 0.267 e. The van der Waals surface area contributed by atoms with E-state index in [1.807, 2.05) is 6.07 Å². The Balaban J connectivity index is 1.61. The third kappa shape index (κ3) is 1.63. The van der Waals surface area contributed by atoms with Crippen molar-refractivity contribution in [3.05, 3.63) is 22.1 Å². The van der Waals surface area contributed by atoms with Crippen LogP contribution in [0.5, 0.6) is 0 Å². The van der Waals surface area contributed by atoms with E-state index in [9.17, 15) is 4.79 Å². The second kappa shape index (κ2) is 4.05. The lowest BCUT2D eigenvalue weighted by atomic mass is 9.47. The summed E-state index contributed by atoms with van der Waals surface area (Å²) in [5.74, 6) is 2.91. The van der Waals surface area contributed by atoms with E-state index in [1.54, 1.807) is 0 Å². The molecule has 0 radical (unpaired) electrons. The monoisotopic (exact) mass is 286 g/mol. The number of fused-ring (bicyclic) bond motifs is 1. The molecule has 4 aliphatic carbocycles. The van der Waals surface area contributed by atoms with E-state index in [0.717, 1.165) is 30.0 Å². The minimum Gasteiger partial charge on any atom is -0.287 e. The van der Waals surface area contributed by atoms with Gasteiger partial charge in [-0.15, -0.1) is 0 Å². The number of aromatic nitrogens is 2. The van der Waals surface area contributed by atoms with Gasteiger partial charge in [-0.3, -0.25) is 9.48 Å². The third-order valence-electron chi connectivity index (χ3n) is 7.16. The van der Waals surface area contributed by atoms with Crippen LogP contribution in [0.4, 0.5) is 0 Å². The Labute approximate surface area is 126 Å². The van der Waals surface area contributed by atoms with Gasteiger partial charge in [-0.1, -0.05) is 0 Å². The largest absolute Gasteiger partial charge is 0.287 e. The standard InChI is InChI=1S/C18H26N2O/c1-12-5-17(21)20-16(3-2-4-19(12)20)18-9-13-6-14(10-18)8-15(7-13)11-18/h5,13-16H,2-4,6-11H2,1H3. The van der Waals surface area contributed by atoms with Crippen LogP contribution in [0.3, 0.4) is 0 Å². The summed E-state index contributed by atoms with van der Waals surface area (Å²) in [7, 11) is 0. The van der Waals surface area contributed by atoms with Crippen LogP contribution in [0.15, 0.2) is 10.9 Å². The van der Waals surface area contributed by atoms with Crippen molar-refractivity contribution in [3.63, 3.8) is 0 Å². The Morgan fingerprint density at radius 3 is 2.33 bits per heavy atom. The maximum atomic E-state index is 12.5. The molecule has 4 bridgehead atoms. The molecule has 114 valence electrons. The van der Waals surface area contributed by atoms with E-state index in [-0.39, 0.29) is 5.56 Å². The fourth-order valence-corrected chi connectivity index (χ4v) is 6.92. The van der Waals surface area contributed by atoms with E-state index in [0.29, 0.717) is 11.5 Å². The summed E-state index contributed by atoms with van der Waals surface area (Å²) < 4.78 is 4.46. The summed E-state index contributed by atoms with van der Waals surface area (Å²) in [5, 5.41) is 0. The van der Waals surface area contributed by atoms with Gasteiger partial charge in [-0.05, 0) is 81.5 Å². The average Bonchev–Trinajstić information content (AvgIpc) is 2.73. The van der Waals surface area contributed by atoms with Gasteiger partial charge >= 0.3 is 0 Å². The molecule has 5 aliphatic rings. The Hall–Kier alpha value is -0.990.